The van der Waals surface area contributed by atoms with Crippen LogP contribution in [-0.2, 0) is 0 Å². The minimum absolute atomic E-state index is 0.596. The predicted octanol–water partition coefficient (Wildman–Crippen LogP) is 1.48. The van der Waals surface area contributed by atoms with Crippen LogP contribution >= 0.6 is 0 Å². The SMILES string of the molecule is Cc1c(N)nc2n1cc1ccccn12. The average molecular weight is 186 g/mol. The first kappa shape index (κ1) is 7.44. The molecule has 0 aliphatic rings. The zero-order valence-electron chi connectivity index (χ0n) is 7.81. The van der Waals surface area contributed by atoms with Gasteiger partial charge in [-0.1, -0.05) is 6.07 Å². The summed E-state index contributed by atoms with van der Waals surface area (Å²) >= 11 is 0. The predicted molar refractivity (Wildman–Crippen MR) is 55.3 cm³/mol. The molecule has 0 aliphatic carbocycles. The molecule has 0 aromatic carbocycles. The van der Waals surface area contributed by atoms with E-state index in [4.69, 9.17) is 5.73 Å². The molecule has 4 heteroatoms. The fraction of sp³-hybridized carbons (Fsp3) is 0.100. The van der Waals surface area contributed by atoms with Gasteiger partial charge in [0.15, 0.2) is 0 Å². The van der Waals surface area contributed by atoms with Crippen molar-refractivity contribution in [2.75, 3.05) is 5.73 Å². The first-order valence-corrected chi connectivity index (χ1v) is 4.47. The number of aryl methyl sites for hydroxylation is 1. The monoisotopic (exact) mass is 186 g/mol. The number of hydrogen-bond donors (Lipinski definition) is 1. The molecule has 2 N–H and O–H groups in total. The number of nitrogens with zero attached hydrogens (tertiary/aromatic N) is 3. The Bertz CT molecular complexity index is 617. The summed E-state index contributed by atoms with van der Waals surface area (Å²) in [4.78, 5) is 4.30. The summed E-state index contributed by atoms with van der Waals surface area (Å²) in [6.45, 7) is 1.97. The van der Waals surface area contributed by atoms with Gasteiger partial charge >= 0.3 is 0 Å². The quantitative estimate of drug-likeness (QED) is 0.578. The molecule has 3 aromatic heterocycles. The van der Waals surface area contributed by atoms with Crippen molar-refractivity contribution in [2.24, 2.45) is 0 Å². The molecule has 0 aliphatic heterocycles. The van der Waals surface area contributed by atoms with Crippen LogP contribution in [0.15, 0.2) is 30.6 Å². The smallest absolute Gasteiger partial charge is 0.220 e. The van der Waals surface area contributed by atoms with Gasteiger partial charge in [-0.2, -0.15) is 4.98 Å². The minimum atomic E-state index is 0.596. The van der Waals surface area contributed by atoms with Gasteiger partial charge in [-0.15, -0.1) is 0 Å². The molecular weight excluding hydrogens is 176 g/mol. The van der Waals surface area contributed by atoms with E-state index in [0.717, 1.165) is 17.0 Å². The lowest BCUT2D eigenvalue weighted by atomic mass is 10.4. The van der Waals surface area contributed by atoms with Crippen LogP contribution in [0.3, 0.4) is 0 Å². The molecule has 0 spiro atoms. The van der Waals surface area contributed by atoms with E-state index in [-0.39, 0.29) is 0 Å². The summed E-state index contributed by atoms with van der Waals surface area (Å²) in [7, 11) is 0. The van der Waals surface area contributed by atoms with Gasteiger partial charge < -0.3 is 5.73 Å². The zero-order valence-corrected chi connectivity index (χ0v) is 7.81. The van der Waals surface area contributed by atoms with E-state index in [2.05, 4.69) is 4.98 Å². The maximum Gasteiger partial charge on any atom is 0.220 e. The van der Waals surface area contributed by atoms with Gasteiger partial charge in [0.05, 0.1) is 11.2 Å². The number of fused-ring (bicyclic) bond motifs is 3. The Morgan fingerprint density at radius 3 is 3.00 bits per heavy atom. The van der Waals surface area contributed by atoms with Crippen LogP contribution in [0.5, 0.6) is 0 Å². The average Bonchev–Trinajstić information content (AvgIpc) is 2.67. The van der Waals surface area contributed by atoms with Crippen LogP contribution in [0.2, 0.25) is 0 Å². The third kappa shape index (κ3) is 0.750. The maximum atomic E-state index is 5.74. The number of anilines is 1. The van der Waals surface area contributed by atoms with Crippen molar-refractivity contribution in [3.63, 3.8) is 0 Å². The molecule has 14 heavy (non-hydrogen) atoms. The number of aromatic nitrogens is 3. The van der Waals surface area contributed by atoms with Crippen LogP contribution in [0.25, 0.3) is 11.3 Å². The molecule has 3 rings (SSSR count). The van der Waals surface area contributed by atoms with E-state index in [0.29, 0.717) is 5.82 Å². The Labute approximate surface area is 80.6 Å². The van der Waals surface area contributed by atoms with E-state index < -0.39 is 0 Å². The number of nitrogens with two attached hydrogens (primary N) is 1. The van der Waals surface area contributed by atoms with Gasteiger partial charge in [-0.25, -0.2) is 0 Å². The van der Waals surface area contributed by atoms with E-state index in [9.17, 15) is 0 Å². The Morgan fingerprint density at radius 2 is 2.14 bits per heavy atom. The molecule has 0 unspecified atom stereocenters. The molecule has 0 saturated carbocycles. The third-order valence-electron chi connectivity index (χ3n) is 2.54. The summed E-state index contributed by atoms with van der Waals surface area (Å²) in [5.74, 6) is 1.47. The number of rotatable bonds is 0. The zero-order chi connectivity index (χ0) is 9.71. The van der Waals surface area contributed by atoms with Gasteiger partial charge in [0.2, 0.25) is 5.78 Å². The van der Waals surface area contributed by atoms with E-state index >= 15 is 0 Å². The van der Waals surface area contributed by atoms with Crippen molar-refractivity contribution in [3.05, 3.63) is 36.3 Å². The molecule has 0 fully saturated rings. The van der Waals surface area contributed by atoms with E-state index in [1.165, 1.54) is 0 Å². The molecule has 0 saturated heterocycles. The second-order valence-electron chi connectivity index (χ2n) is 3.38. The lowest BCUT2D eigenvalue weighted by molar-refractivity contribution is 1.10. The summed E-state index contributed by atoms with van der Waals surface area (Å²) in [5, 5.41) is 0. The molecule has 0 radical (unpaired) electrons. The highest BCUT2D eigenvalue weighted by atomic mass is 15.2. The second kappa shape index (κ2) is 2.29. The van der Waals surface area contributed by atoms with Gasteiger partial charge in [0, 0.05) is 12.4 Å². The first-order chi connectivity index (χ1) is 6.77. The van der Waals surface area contributed by atoms with Gasteiger partial charge in [0.25, 0.3) is 0 Å². The Balaban J connectivity index is 2.60. The standard InChI is InChI=1S/C10H10N4/c1-7-9(11)12-10-13-5-3-2-4-8(13)6-14(7)10/h2-6H,11H2,1H3. The minimum Gasteiger partial charge on any atom is -0.382 e. The van der Waals surface area contributed by atoms with Crippen molar-refractivity contribution >= 4 is 17.1 Å². The highest BCUT2D eigenvalue weighted by molar-refractivity contribution is 5.59. The highest BCUT2D eigenvalue weighted by Gasteiger charge is 2.08. The lowest BCUT2D eigenvalue weighted by Crippen LogP contribution is -1.88. The largest absolute Gasteiger partial charge is 0.382 e. The molecule has 4 nitrogen and oxygen atoms in total. The number of pyridine rings is 1. The molecule has 0 bridgehead atoms. The van der Waals surface area contributed by atoms with Crippen molar-refractivity contribution in [3.8, 4) is 0 Å². The second-order valence-corrected chi connectivity index (χ2v) is 3.38. The van der Waals surface area contributed by atoms with Gasteiger partial charge in [-0.3, -0.25) is 8.80 Å². The molecule has 0 amide bonds. The molecule has 70 valence electrons. The summed E-state index contributed by atoms with van der Waals surface area (Å²) < 4.78 is 4.02. The normalized spacial score (nSPS) is 11.5. The number of imidazole rings is 2. The summed E-state index contributed by atoms with van der Waals surface area (Å²) in [6.07, 6.45) is 4.02. The number of hydrogen-bond acceptors (Lipinski definition) is 2. The van der Waals surface area contributed by atoms with Crippen LogP contribution in [-0.4, -0.2) is 13.8 Å². The Hall–Kier alpha value is -1.97. The van der Waals surface area contributed by atoms with Crippen molar-refractivity contribution in [2.45, 2.75) is 6.92 Å². The summed E-state index contributed by atoms with van der Waals surface area (Å²) in [6, 6.07) is 6.03. The Morgan fingerprint density at radius 1 is 1.29 bits per heavy atom. The number of nitrogen functional groups attached to an aromatic ring is 1. The van der Waals surface area contributed by atoms with E-state index in [1.807, 2.05) is 46.3 Å². The fourth-order valence-corrected chi connectivity index (χ4v) is 1.72. The third-order valence-corrected chi connectivity index (χ3v) is 2.54. The lowest BCUT2D eigenvalue weighted by Gasteiger charge is -1.90. The van der Waals surface area contributed by atoms with Crippen LogP contribution < -0.4 is 5.73 Å². The summed E-state index contributed by atoms with van der Waals surface area (Å²) in [5.41, 5.74) is 7.86. The molecule has 3 heterocycles. The highest BCUT2D eigenvalue weighted by Crippen LogP contribution is 2.17. The van der Waals surface area contributed by atoms with Crippen molar-refractivity contribution < 1.29 is 0 Å². The van der Waals surface area contributed by atoms with E-state index in [1.54, 1.807) is 0 Å². The maximum absolute atomic E-state index is 5.74. The van der Waals surface area contributed by atoms with Crippen molar-refractivity contribution in [1.82, 2.24) is 13.8 Å². The Kier molecular flexibility index (Phi) is 1.21. The first-order valence-electron chi connectivity index (χ1n) is 4.47. The van der Waals surface area contributed by atoms with Crippen LogP contribution in [0.1, 0.15) is 5.69 Å². The fourth-order valence-electron chi connectivity index (χ4n) is 1.72. The van der Waals surface area contributed by atoms with Crippen LogP contribution in [0.4, 0.5) is 5.82 Å². The topological polar surface area (TPSA) is 47.7 Å². The molecular formula is C10H10N4. The molecule has 0 atom stereocenters. The van der Waals surface area contributed by atoms with Gasteiger partial charge in [-0.05, 0) is 19.1 Å². The van der Waals surface area contributed by atoms with Gasteiger partial charge in [0.1, 0.15) is 5.82 Å². The molecule has 3 aromatic rings. The van der Waals surface area contributed by atoms with Crippen molar-refractivity contribution in [1.29, 1.82) is 0 Å². The van der Waals surface area contributed by atoms with Crippen LogP contribution in [0, 0.1) is 6.92 Å².